The second kappa shape index (κ2) is 9.21. The Balaban J connectivity index is 1.63. The van der Waals surface area contributed by atoms with Crippen LogP contribution >= 0.6 is 0 Å². The lowest BCUT2D eigenvalue weighted by molar-refractivity contribution is -0.0440. The molecule has 0 radical (unpaired) electrons. The van der Waals surface area contributed by atoms with Gasteiger partial charge in [0.25, 0.3) is 11.5 Å². The van der Waals surface area contributed by atoms with Crippen LogP contribution in [0.2, 0.25) is 0 Å². The Labute approximate surface area is 198 Å². The first kappa shape index (κ1) is 23.9. The van der Waals surface area contributed by atoms with Gasteiger partial charge < -0.3 is 10.1 Å². The number of anilines is 1. The minimum Gasteiger partial charge on any atom is -0.373 e. The molecule has 1 aliphatic heterocycles. The van der Waals surface area contributed by atoms with Gasteiger partial charge in [-0.25, -0.2) is 13.1 Å². The monoisotopic (exact) mass is 484 g/mol. The number of carbonyl (C=O) groups excluding carboxylic acids is 1. The average Bonchev–Trinajstić information content (AvgIpc) is 3.02. The van der Waals surface area contributed by atoms with E-state index >= 15 is 0 Å². The van der Waals surface area contributed by atoms with E-state index in [2.05, 4.69) is 5.32 Å². The fourth-order valence-corrected chi connectivity index (χ4v) is 5.81. The Morgan fingerprint density at radius 1 is 1.03 bits per heavy atom. The van der Waals surface area contributed by atoms with Gasteiger partial charge in [0.1, 0.15) is 5.69 Å². The number of nitrogens with zero attached hydrogens (tertiary/aromatic N) is 3. The van der Waals surface area contributed by atoms with E-state index in [1.54, 1.807) is 30.8 Å². The number of sulfonamides is 1. The average molecular weight is 485 g/mol. The molecule has 180 valence electrons. The number of benzene rings is 2. The largest absolute Gasteiger partial charge is 0.373 e. The number of hydrogen-bond acceptors (Lipinski definition) is 5. The predicted octanol–water partition coefficient (Wildman–Crippen LogP) is 2.53. The van der Waals surface area contributed by atoms with Gasteiger partial charge in [-0.05, 0) is 51.1 Å². The second-order valence-corrected chi connectivity index (χ2v) is 10.4. The highest BCUT2D eigenvalue weighted by molar-refractivity contribution is 7.89. The molecule has 1 fully saturated rings. The maximum Gasteiger partial charge on any atom is 0.295 e. The van der Waals surface area contributed by atoms with E-state index in [0.29, 0.717) is 11.4 Å². The van der Waals surface area contributed by atoms with Crippen molar-refractivity contribution in [2.24, 2.45) is 7.05 Å². The third-order valence-corrected chi connectivity index (χ3v) is 7.74. The second-order valence-electron chi connectivity index (χ2n) is 8.50. The quantitative estimate of drug-likeness (QED) is 0.600. The van der Waals surface area contributed by atoms with Crippen molar-refractivity contribution in [2.45, 2.75) is 37.9 Å². The molecule has 2 atom stereocenters. The zero-order valence-corrected chi connectivity index (χ0v) is 20.4. The summed E-state index contributed by atoms with van der Waals surface area (Å²) in [4.78, 5) is 26.1. The summed E-state index contributed by atoms with van der Waals surface area (Å²) in [7, 11) is -2.08. The summed E-state index contributed by atoms with van der Waals surface area (Å²) < 4.78 is 36.6. The van der Waals surface area contributed by atoms with Crippen LogP contribution in [0.1, 0.15) is 29.9 Å². The third kappa shape index (κ3) is 4.44. The van der Waals surface area contributed by atoms with Crippen molar-refractivity contribution in [1.29, 1.82) is 0 Å². The zero-order chi connectivity index (χ0) is 24.6. The minimum atomic E-state index is -3.81. The van der Waals surface area contributed by atoms with Crippen molar-refractivity contribution < 1.29 is 17.9 Å². The molecule has 0 aliphatic carbocycles. The maximum absolute atomic E-state index is 13.2. The number of carbonyl (C=O) groups is 1. The number of hydrogen-bond donors (Lipinski definition) is 1. The minimum absolute atomic E-state index is 0.0212. The van der Waals surface area contributed by atoms with Crippen molar-refractivity contribution in [2.75, 3.05) is 18.4 Å². The summed E-state index contributed by atoms with van der Waals surface area (Å²) in [5.41, 5.74) is 1.15. The van der Waals surface area contributed by atoms with Gasteiger partial charge in [0, 0.05) is 25.7 Å². The van der Waals surface area contributed by atoms with Gasteiger partial charge in [-0.1, -0.05) is 24.3 Å². The Hall–Kier alpha value is -3.21. The number of amides is 1. The first-order valence-electron chi connectivity index (χ1n) is 11.0. The van der Waals surface area contributed by atoms with Gasteiger partial charge in [-0.2, -0.15) is 4.31 Å². The number of para-hydroxylation sites is 1. The molecule has 1 aromatic heterocycles. The highest BCUT2D eigenvalue weighted by atomic mass is 32.2. The summed E-state index contributed by atoms with van der Waals surface area (Å²) >= 11 is 0. The summed E-state index contributed by atoms with van der Waals surface area (Å²) in [6.07, 6.45) is -0.448. The molecule has 4 rings (SSSR count). The summed E-state index contributed by atoms with van der Waals surface area (Å²) in [6, 6.07) is 14.9. The van der Waals surface area contributed by atoms with E-state index in [0.717, 1.165) is 0 Å². The Kier molecular flexibility index (Phi) is 6.48. The summed E-state index contributed by atoms with van der Waals surface area (Å²) in [5, 5.41) is 2.68. The molecule has 2 heterocycles. The molecule has 9 nitrogen and oxygen atoms in total. The standard InChI is InChI=1S/C24H28N4O5S/c1-16-14-27(15-17(2)33-16)34(31,32)21-12-8-9-19(13-21)23(29)25-22-18(3)26(4)28(24(22)30)20-10-6-5-7-11-20/h5-13,16-17H,14-15H2,1-4H3,(H,25,29). The predicted molar refractivity (Wildman–Crippen MR) is 129 cm³/mol. The topological polar surface area (TPSA) is 103 Å². The van der Waals surface area contributed by atoms with Crippen LogP contribution in [-0.4, -0.2) is 53.3 Å². The van der Waals surface area contributed by atoms with E-state index in [9.17, 15) is 18.0 Å². The van der Waals surface area contributed by atoms with Gasteiger partial charge in [0.05, 0.1) is 28.5 Å². The Bertz CT molecular complexity index is 1370. The maximum atomic E-state index is 13.2. The fraction of sp³-hybridized carbons (Fsp3) is 0.333. The normalized spacial score (nSPS) is 19.2. The molecule has 0 spiro atoms. The molecule has 2 aromatic carbocycles. The molecule has 1 saturated heterocycles. The van der Waals surface area contributed by atoms with Gasteiger partial charge in [0.15, 0.2) is 0 Å². The van der Waals surface area contributed by atoms with Crippen LogP contribution in [0, 0.1) is 6.92 Å². The van der Waals surface area contributed by atoms with Gasteiger partial charge >= 0.3 is 0 Å². The number of rotatable bonds is 5. The van der Waals surface area contributed by atoms with Crippen LogP contribution in [0.25, 0.3) is 5.69 Å². The van der Waals surface area contributed by atoms with Crippen molar-refractivity contribution in [1.82, 2.24) is 13.7 Å². The summed E-state index contributed by atoms with van der Waals surface area (Å²) in [5.74, 6) is -0.563. The molecule has 10 heteroatoms. The van der Waals surface area contributed by atoms with Crippen LogP contribution in [0.5, 0.6) is 0 Å². The van der Waals surface area contributed by atoms with E-state index < -0.39 is 15.9 Å². The first-order chi connectivity index (χ1) is 16.1. The van der Waals surface area contributed by atoms with Crippen LogP contribution in [0.4, 0.5) is 5.69 Å². The summed E-state index contributed by atoms with van der Waals surface area (Å²) in [6.45, 7) is 5.87. The third-order valence-electron chi connectivity index (χ3n) is 5.91. The molecule has 1 N–H and O–H groups in total. The molecule has 0 bridgehead atoms. The Morgan fingerprint density at radius 3 is 2.32 bits per heavy atom. The lowest BCUT2D eigenvalue weighted by Crippen LogP contribution is -2.48. The lowest BCUT2D eigenvalue weighted by atomic mass is 10.2. The molecule has 1 aliphatic rings. The highest BCUT2D eigenvalue weighted by Gasteiger charge is 2.32. The molecular weight excluding hydrogens is 456 g/mol. The molecule has 0 saturated carbocycles. The molecule has 34 heavy (non-hydrogen) atoms. The SMILES string of the molecule is Cc1c(NC(=O)c2cccc(S(=O)(=O)N3CC(C)OC(C)C3)c2)c(=O)n(-c2ccccc2)n1C. The van der Waals surface area contributed by atoms with E-state index in [1.807, 2.05) is 32.0 Å². The van der Waals surface area contributed by atoms with Crippen LogP contribution in [0.15, 0.2) is 64.3 Å². The van der Waals surface area contributed by atoms with Crippen molar-refractivity contribution in [3.8, 4) is 5.69 Å². The van der Waals surface area contributed by atoms with Crippen LogP contribution in [-0.2, 0) is 21.8 Å². The van der Waals surface area contributed by atoms with E-state index in [4.69, 9.17) is 4.74 Å². The van der Waals surface area contributed by atoms with E-state index in [-0.39, 0.29) is 47.0 Å². The number of morpholine rings is 1. The van der Waals surface area contributed by atoms with Crippen LogP contribution < -0.4 is 10.9 Å². The zero-order valence-electron chi connectivity index (χ0n) is 19.6. The Morgan fingerprint density at radius 2 is 1.68 bits per heavy atom. The van der Waals surface area contributed by atoms with Crippen LogP contribution in [0.3, 0.4) is 0 Å². The van der Waals surface area contributed by atoms with Crippen molar-refractivity contribution in [3.63, 3.8) is 0 Å². The molecular formula is C24H28N4O5S. The van der Waals surface area contributed by atoms with E-state index in [1.165, 1.54) is 33.3 Å². The number of aromatic nitrogens is 2. The van der Waals surface area contributed by atoms with Gasteiger partial charge in [-0.3, -0.25) is 14.3 Å². The highest BCUT2D eigenvalue weighted by Crippen LogP contribution is 2.22. The van der Waals surface area contributed by atoms with Crippen molar-refractivity contribution >= 4 is 21.6 Å². The van der Waals surface area contributed by atoms with Crippen molar-refractivity contribution in [3.05, 3.63) is 76.2 Å². The number of ether oxygens (including phenoxy) is 1. The lowest BCUT2D eigenvalue weighted by Gasteiger charge is -2.34. The molecule has 3 aromatic rings. The fourth-order valence-electron chi connectivity index (χ4n) is 4.17. The smallest absolute Gasteiger partial charge is 0.295 e. The van der Waals surface area contributed by atoms with Gasteiger partial charge in [0.2, 0.25) is 10.0 Å². The van der Waals surface area contributed by atoms with Gasteiger partial charge in [-0.15, -0.1) is 0 Å². The molecule has 2 unspecified atom stereocenters. The molecule has 1 amide bonds. The first-order valence-corrected chi connectivity index (χ1v) is 12.4. The number of nitrogens with one attached hydrogen (secondary N) is 1.